The zero-order valence-corrected chi connectivity index (χ0v) is 15.4. The maximum atomic E-state index is 12.9. The molecule has 2 aromatic carbocycles. The summed E-state index contributed by atoms with van der Waals surface area (Å²) in [4.78, 5) is 24.3. The van der Waals surface area contributed by atoms with Crippen LogP contribution in [0.15, 0.2) is 54.1 Å². The van der Waals surface area contributed by atoms with Crippen LogP contribution in [0.5, 0.6) is 5.75 Å². The normalized spacial score (nSPS) is 11.9. The molecule has 0 saturated carbocycles. The molecule has 1 amide bonds. The van der Waals surface area contributed by atoms with Gasteiger partial charge >= 0.3 is 5.97 Å². The monoisotopic (exact) mass is 382 g/mol. The summed E-state index contributed by atoms with van der Waals surface area (Å²) in [5.74, 6) is -1.28. The summed E-state index contributed by atoms with van der Waals surface area (Å²) < 4.78 is 23.3. The topological polar surface area (TPSA) is 88.4 Å². The average Bonchev–Trinajstić information content (AvgIpc) is 2.69. The third-order valence-electron chi connectivity index (χ3n) is 3.61. The highest BCUT2D eigenvalue weighted by atomic mass is 19.1. The molecule has 0 radical (unpaired) electrons. The number of esters is 1. The van der Waals surface area contributed by atoms with Gasteiger partial charge in [0, 0.05) is 5.69 Å². The van der Waals surface area contributed by atoms with Crippen LogP contribution >= 0.6 is 0 Å². The first kappa shape index (κ1) is 20.6. The van der Waals surface area contributed by atoms with Crippen molar-refractivity contribution in [2.75, 3.05) is 11.9 Å². The third-order valence-corrected chi connectivity index (χ3v) is 3.61. The van der Waals surface area contributed by atoms with Crippen LogP contribution in [0.2, 0.25) is 0 Å². The van der Waals surface area contributed by atoms with E-state index in [9.17, 15) is 19.2 Å². The number of carbonyl (C=O) groups excluding carboxylic acids is 2. The van der Waals surface area contributed by atoms with E-state index in [1.165, 1.54) is 37.3 Å². The van der Waals surface area contributed by atoms with Crippen molar-refractivity contribution in [1.29, 1.82) is 5.26 Å². The Morgan fingerprint density at radius 3 is 2.39 bits per heavy atom. The van der Waals surface area contributed by atoms with Crippen LogP contribution in [-0.4, -0.2) is 24.6 Å². The van der Waals surface area contributed by atoms with E-state index in [1.807, 2.05) is 6.92 Å². The first-order valence-electron chi connectivity index (χ1n) is 8.55. The van der Waals surface area contributed by atoms with Gasteiger partial charge in [-0.05, 0) is 61.9 Å². The molecule has 28 heavy (non-hydrogen) atoms. The lowest BCUT2D eigenvalue weighted by molar-refractivity contribution is -0.148. The minimum atomic E-state index is -1.14. The molecule has 0 aliphatic carbocycles. The predicted molar refractivity (Wildman–Crippen MR) is 102 cm³/mol. The molecule has 0 aliphatic rings. The molecular weight excluding hydrogens is 363 g/mol. The SMILES string of the molecule is CCOc1ccc(/C=C(\C#N)C(=O)O[C@H](C)C(=O)Nc2ccc(F)cc2)cc1. The van der Waals surface area contributed by atoms with Gasteiger partial charge in [-0.3, -0.25) is 4.79 Å². The molecule has 2 aromatic rings. The van der Waals surface area contributed by atoms with E-state index in [0.717, 1.165) is 0 Å². The molecule has 0 bridgehead atoms. The van der Waals surface area contributed by atoms with Crippen molar-refractivity contribution >= 4 is 23.6 Å². The number of benzene rings is 2. The summed E-state index contributed by atoms with van der Waals surface area (Å²) in [5, 5.41) is 11.7. The molecule has 6 nitrogen and oxygen atoms in total. The van der Waals surface area contributed by atoms with Gasteiger partial charge in [0.2, 0.25) is 0 Å². The van der Waals surface area contributed by atoms with Crippen molar-refractivity contribution in [2.24, 2.45) is 0 Å². The van der Waals surface area contributed by atoms with Gasteiger partial charge in [0.1, 0.15) is 23.2 Å². The molecule has 0 fully saturated rings. The van der Waals surface area contributed by atoms with Crippen LogP contribution in [0.3, 0.4) is 0 Å². The minimum Gasteiger partial charge on any atom is -0.494 e. The zero-order chi connectivity index (χ0) is 20.5. The van der Waals surface area contributed by atoms with Gasteiger partial charge in [-0.15, -0.1) is 0 Å². The first-order valence-corrected chi connectivity index (χ1v) is 8.55. The summed E-state index contributed by atoms with van der Waals surface area (Å²) >= 11 is 0. The van der Waals surface area contributed by atoms with Gasteiger partial charge < -0.3 is 14.8 Å². The lowest BCUT2D eigenvalue weighted by Gasteiger charge is -2.13. The zero-order valence-electron chi connectivity index (χ0n) is 15.4. The number of anilines is 1. The molecule has 0 unspecified atom stereocenters. The number of halogens is 1. The quantitative estimate of drug-likeness (QED) is 0.448. The van der Waals surface area contributed by atoms with E-state index >= 15 is 0 Å². The fourth-order valence-corrected chi connectivity index (χ4v) is 2.19. The number of nitriles is 1. The van der Waals surface area contributed by atoms with E-state index in [0.29, 0.717) is 23.6 Å². The summed E-state index contributed by atoms with van der Waals surface area (Å²) in [6.07, 6.45) is 0.220. The van der Waals surface area contributed by atoms with Crippen LogP contribution in [0.4, 0.5) is 10.1 Å². The number of nitrogens with zero attached hydrogens (tertiary/aromatic N) is 1. The van der Waals surface area contributed by atoms with Gasteiger partial charge in [0.05, 0.1) is 6.61 Å². The third kappa shape index (κ3) is 5.95. The fraction of sp³-hybridized carbons (Fsp3) is 0.190. The molecule has 2 rings (SSSR count). The second kappa shape index (κ2) is 9.88. The average molecular weight is 382 g/mol. The largest absolute Gasteiger partial charge is 0.494 e. The summed E-state index contributed by atoms with van der Waals surface area (Å²) in [6, 6.07) is 13.7. The van der Waals surface area contributed by atoms with Gasteiger partial charge in [0.15, 0.2) is 6.10 Å². The standard InChI is InChI=1S/C21H19FN2O4/c1-3-27-19-10-4-15(5-11-19)12-16(13-23)21(26)28-14(2)20(25)24-18-8-6-17(22)7-9-18/h4-12,14H,3H2,1-2H3,(H,24,25)/b16-12+/t14-/m1/s1. The number of rotatable bonds is 7. The number of hydrogen-bond acceptors (Lipinski definition) is 5. The fourth-order valence-electron chi connectivity index (χ4n) is 2.19. The first-order chi connectivity index (χ1) is 13.4. The highest BCUT2D eigenvalue weighted by Crippen LogP contribution is 2.16. The molecule has 1 N–H and O–H groups in total. The van der Waals surface area contributed by atoms with Crippen molar-refractivity contribution in [3.05, 3.63) is 65.5 Å². The number of hydrogen-bond donors (Lipinski definition) is 1. The number of amides is 1. The Morgan fingerprint density at radius 1 is 1.18 bits per heavy atom. The Balaban J connectivity index is 2.00. The maximum Gasteiger partial charge on any atom is 0.349 e. The number of ether oxygens (including phenoxy) is 2. The van der Waals surface area contributed by atoms with Crippen LogP contribution in [0, 0.1) is 17.1 Å². The summed E-state index contributed by atoms with van der Waals surface area (Å²) in [5.41, 5.74) is 0.727. The van der Waals surface area contributed by atoms with Gasteiger partial charge in [-0.1, -0.05) is 12.1 Å². The molecule has 0 aromatic heterocycles. The molecule has 1 atom stereocenters. The number of carbonyl (C=O) groups is 2. The van der Waals surface area contributed by atoms with Crippen molar-refractivity contribution < 1.29 is 23.5 Å². The van der Waals surface area contributed by atoms with Crippen LogP contribution in [-0.2, 0) is 14.3 Å². The van der Waals surface area contributed by atoms with Crippen molar-refractivity contribution in [3.63, 3.8) is 0 Å². The van der Waals surface area contributed by atoms with E-state index in [-0.39, 0.29) is 5.57 Å². The lowest BCUT2D eigenvalue weighted by atomic mass is 10.1. The molecule has 0 saturated heterocycles. The molecule has 144 valence electrons. The van der Waals surface area contributed by atoms with Crippen molar-refractivity contribution in [3.8, 4) is 11.8 Å². The molecule has 7 heteroatoms. The molecule has 0 heterocycles. The van der Waals surface area contributed by atoms with Crippen molar-refractivity contribution in [2.45, 2.75) is 20.0 Å². The Bertz CT molecular complexity index is 899. The molecule has 0 aliphatic heterocycles. The summed E-state index contributed by atoms with van der Waals surface area (Å²) in [6.45, 7) is 3.77. The second-order valence-corrected chi connectivity index (χ2v) is 5.72. The van der Waals surface area contributed by atoms with E-state index in [4.69, 9.17) is 9.47 Å². The highest BCUT2D eigenvalue weighted by molar-refractivity contribution is 6.01. The smallest absolute Gasteiger partial charge is 0.349 e. The second-order valence-electron chi connectivity index (χ2n) is 5.72. The Labute approximate surface area is 162 Å². The van der Waals surface area contributed by atoms with E-state index in [1.54, 1.807) is 30.3 Å². The van der Waals surface area contributed by atoms with Crippen LogP contribution in [0.1, 0.15) is 19.4 Å². The summed E-state index contributed by atoms with van der Waals surface area (Å²) in [7, 11) is 0. The van der Waals surface area contributed by atoms with Gasteiger partial charge in [-0.25, -0.2) is 9.18 Å². The Hall–Kier alpha value is -3.66. The van der Waals surface area contributed by atoms with Gasteiger partial charge in [-0.2, -0.15) is 5.26 Å². The minimum absolute atomic E-state index is 0.245. The lowest BCUT2D eigenvalue weighted by Crippen LogP contribution is -2.30. The van der Waals surface area contributed by atoms with Crippen molar-refractivity contribution in [1.82, 2.24) is 0 Å². The van der Waals surface area contributed by atoms with Gasteiger partial charge in [0.25, 0.3) is 5.91 Å². The van der Waals surface area contributed by atoms with E-state index < -0.39 is 23.8 Å². The maximum absolute atomic E-state index is 12.9. The predicted octanol–water partition coefficient (Wildman–Crippen LogP) is 3.70. The van der Waals surface area contributed by atoms with E-state index in [2.05, 4.69) is 5.32 Å². The number of nitrogens with one attached hydrogen (secondary N) is 1. The molecular formula is C21H19FN2O4. The Morgan fingerprint density at radius 2 is 1.82 bits per heavy atom. The van der Waals surface area contributed by atoms with Crippen LogP contribution < -0.4 is 10.1 Å². The highest BCUT2D eigenvalue weighted by Gasteiger charge is 2.20. The Kier molecular flexibility index (Phi) is 7.28. The molecule has 0 spiro atoms. The van der Waals surface area contributed by atoms with Crippen LogP contribution in [0.25, 0.3) is 6.08 Å².